The van der Waals surface area contributed by atoms with Crippen LogP contribution in [0.1, 0.15) is 5.56 Å². The van der Waals surface area contributed by atoms with E-state index >= 15 is 0 Å². The van der Waals surface area contributed by atoms with Crippen molar-refractivity contribution >= 4 is 17.3 Å². The number of ether oxygens (including phenoxy) is 2. The smallest absolute Gasteiger partial charge is 0.292 e. The summed E-state index contributed by atoms with van der Waals surface area (Å²) in [6, 6.07) is 11.8. The summed E-state index contributed by atoms with van der Waals surface area (Å²) in [6.45, 7) is 0.393. The highest BCUT2D eigenvalue weighted by atomic mass is 16.6. The van der Waals surface area contributed by atoms with Crippen LogP contribution in [0.15, 0.2) is 42.5 Å². The largest absolute Gasteiger partial charge is 0.493 e. The van der Waals surface area contributed by atoms with E-state index in [-0.39, 0.29) is 18.1 Å². The van der Waals surface area contributed by atoms with E-state index in [1.807, 2.05) is 18.2 Å². The molecule has 0 fully saturated rings. The van der Waals surface area contributed by atoms with Crippen LogP contribution in [0.5, 0.6) is 11.5 Å². The van der Waals surface area contributed by atoms with Crippen LogP contribution < -0.4 is 20.1 Å². The van der Waals surface area contributed by atoms with Gasteiger partial charge in [-0.05, 0) is 30.2 Å². The minimum absolute atomic E-state index is 0.0449. The fourth-order valence-electron chi connectivity index (χ4n) is 2.40. The zero-order chi connectivity index (χ0) is 18.9. The molecule has 2 aromatic carbocycles. The monoisotopic (exact) mass is 359 g/mol. The second kappa shape index (κ2) is 9.26. The van der Waals surface area contributed by atoms with Crippen molar-refractivity contribution in [1.82, 2.24) is 5.32 Å². The normalized spacial score (nSPS) is 10.1. The summed E-state index contributed by atoms with van der Waals surface area (Å²) in [5, 5.41) is 16.5. The predicted octanol–water partition coefficient (Wildman–Crippen LogP) is 2.38. The molecule has 0 aliphatic rings. The quantitative estimate of drug-likeness (QED) is 0.526. The number of hydrogen-bond donors (Lipinski definition) is 2. The van der Waals surface area contributed by atoms with E-state index in [1.54, 1.807) is 32.4 Å². The molecule has 0 heterocycles. The Labute approximate surface area is 151 Å². The van der Waals surface area contributed by atoms with Crippen LogP contribution >= 0.6 is 0 Å². The van der Waals surface area contributed by atoms with Gasteiger partial charge in [0.1, 0.15) is 5.69 Å². The van der Waals surface area contributed by atoms with Crippen molar-refractivity contribution in [2.45, 2.75) is 6.42 Å². The highest BCUT2D eigenvalue weighted by Crippen LogP contribution is 2.27. The van der Waals surface area contributed by atoms with Crippen LogP contribution in [-0.2, 0) is 11.2 Å². The molecule has 2 N–H and O–H groups in total. The molecule has 8 heteroatoms. The number of anilines is 1. The molecule has 0 aromatic heterocycles. The van der Waals surface area contributed by atoms with Crippen molar-refractivity contribution < 1.29 is 19.2 Å². The topological polar surface area (TPSA) is 103 Å². The maximum Gasteiger partial charge on any atom is 0.292 e. The van der Waals surface area contributed by atoms with Crippen molar-refractivity contribution in [2.75, 3.05) is 32.6 Å². The molecule has 0 spiro atoms. The predicted molar refractivity (Wildman–Crippen MR) is 97.8 cm³/mol. The number of methoxy groups -OCH3 is 2. The first-order valence-electron chi connectivity index (χ1n) is 8.00. The molecule has 0 bridgehead atoms. The van der Waals surface area contributed by atoms with Crippen LogP contribution in [-0.4, -0.2) is 38.1 Å². The molecule has 0 saturated carbocycles. The molecule has 0 unspecified atom stereocenters. The summed E-state index contributed by atoms with van der Waals surface area (Å²) >= 11 is 0. The lowest BCUT2D eigenvalue weighted by Crippen LogP contribution is -2.31. The fourth-order valence-corrected chi connectivity index (χ4v) is 2.40. The van der Waals surface area contributed by atoms with E-state index in [9.17, 15) is 14.9 Å². The lowest BCUT2D eigenvalue weighted by Gasteiger charge is -2.10. The first-order valence-corrected chi connectivity index (χ1v) is 8.00. The van der Waals surface area contributed by atoms with Gasteiger partial charge in [-0.25, -0.2) is 0 Å². The van der Waals surface area contributed by atoms with Gasteiger partial charge in [-0.2, -0.15) is 0 Å². The maximum absolute atomic E-state index is 11.9. The minimum atomic E-state index is -0.489. The Bertz CT molecular complexity index is 779. The molecule has 2 rings (SSSR count). The van der Waals surface area contributed by atoms with Crippen LogP contribution in [0, 0.1) is 10.1 Å². The lowest BCUT2D eigenvalue weighted by atomic mass is 10.1. The van der Waals surface area contributed by atoms with Crippen LogP contribution in [0.3, 0.4) is 0 Å². The molecular formula is C18H21N3O5. The van der Waals surface area contributed by atoms with Gasteiger partial charge in [-0.1, -0.05) is 18.2 Å². The van der Waals surface area contributed by atoms with Gasteiger partial charge in [0.15, 0.2) is 11.5 Å². The molecule has 0 radical (unpaired) electrons. The summed E-state index contributed by atoms with van der Waals surface area (Å²) in [5.41, 5.74) is 1.24. The summed E-state index contributed by atoms with van der Waals surface area (Å²) in [7, 11) is 3.14. The number of benzene rings is 2. The van der Waals surface area contributed by atoms with Crippen molar-refractivity contribution in [2.24, 2.45) is 0 Å². The number of para-hydroxylation sites is 2. The van der Waals surface area contributed by atoms with Gasteiger partial charge in [0.2, 0.25) is 5.91 Å². The first-order chi connectivity index (χ1) is 12.5. The van der Waals surface area contributed by atoms with Gasteiger partial charge in [0.05, 0.1) is 25.7 Å². The van der Waals surface area contributed by atoms with Crippen molar-refractivity contribution in [3.8, 4) is 11.5 Å². The number of nitro groups is 1. The average molecular weight is 359 g/mol. The van der Waals surface area contributed by atoms with E-state index in [0.717, 1.165) is 5.56 Å². The summed E-state index contributed by atoms with van der Waals surface area (Å²) in [4.78, 5) is 22.4. The van der Waals surface area contributed by atoms with E-state index in [0.29, 0.717) is 30.2 Å². The van der Waals surface area contributed by atoms with Crippen molar-refractivity contribution in [1.29, 1.82) is 0 Å². The SMILES string of the molecule is COc1ccc(CCNC(=O)CNc2ccccc2[N+](=O)[O-])cc1OC. The third-order valence-corrected chi connectivity index (χ3v) is 3.72. The number of nitrogens with one attached hydrogen (secondary N) is 2. The van der Waals surface area contributed by atoms with E-state index in [4.69, 9.17) is 9.47 Å². The Morgan fingerprint density at radius 3 is 2.54 bits per heavy atom. The van der Waals surface area contributed by atoms with Crippen molar-refractivity contribution in [3.63, 3.8) is 0 Å². The average Bonchev–Trinajstić information content (AvgIpc) is 2.66. The van der Waals surface area contributed by atoms with Crippen LogP contribution in [0.2, 0.25) is 0 Å². The second-order valence-corrected chi connectivity index (χ2v) is 5.42. The van der Waals surface area contributed by atoms with Gasteiger partial charge in [-0.3, -0.25) is 14.9 Å². The number of carbonyl (C=O) groups excluding carboxylic acids is 1. The Hall–Kier alpha value is -3.29. The number of rotatable bonds is 9. The number of nitrogens with zero attached hydrogens (tertiary/aromatic N) is 1. The van der Waals surface area contributed by atoms with E-state index in [2.05, 4.69) is 10.6 Å². The number of amides is 1. The molecule has 138 valence electrons. The molecule has 0 saturated heterocycles. The molecule has 26 heavy (non-hydrogen) atoms. The van der Waals surface area contributed by atoms with E-state index in [1.165, 1.54) is 6.07 Å². The number of hydrogen-bond acceptors (Lipinski definition) is 6. The molecule has 8 nitrogen and oxygen atoms in total. The van der Waals surface area contributed by atoms with Gasteiger partial charge < -0.3 is 20.1 Å². The van der Waals surface area contributed by atoms with Crippen molar-refractivity contribution in [3.05, 3.63) is 58.1 Å². The third kappa shape index (κ3) is 5.10. The second-order valence-electron chi connectivity index (χ2n) is 5.42. The van der Waals surface area contributed by atoms with Gasteiger partial charge in [-0.15, -0.1) is 0 Å². The molecule has 0 aliphatic heterocycles. The summed E-state index contributed by atoms with van der Waals surface area (Å²) < 4.78 is 10.4. The Morgan fingerprint density at radius 2 is 1.85 bits per heavy atom. The zero-order valence-corrected chi connectivity index (χ0v) is 14.7. The van der Waals surface area contributed by atoms with Gasteiger partial charge >= 0.3 is 0 Å². The summed E-state index contributed by atoms with van der Waals surface area (Å²) in [6.07, 6.45) is 0.623. The fraction of sp³-hybridized carbons (Fsp3) is 0.278. The van der Waals surface area contributed by atoms with Crippen LogP contribution in [0.25, 0.3) is 0 Å². The first kappa shape index (κ1) is 19.0. The summed E-state index contributed by atoms with van der Waals surface area (Å²) in [5.74, 6) is 1.03. The highest BCUT2D eigenvalue weighted by molar-refractivity contribution is 5.81. The molecule has 0 aliphatic carbocycles. The Morgan fingerprint density at radius 1 is 1.12 bits per heavy atom. The minimum Gasteiger partial charge on any atom is -0.493 e. The lowest BCUT2D eigenvalue weighted by molar-refractivity contribution is -0.383. The third-order valence-electron chi connectivity index (χ3n) is 3.72. The molecule has 0 atom stereocenters. The Balaban J connectivity index is 1.82. The highest BCUT2D eigenvalue weighted by Gasteiger charge is 2.12. The van der Waals surface area contributed by atoms with Crippen LogP contribution in [0.4, 0.5) is 11.4 Å². The zero-order valence-electron chi connectivity index (χ0n) is 14.7. The molecule has 2 aromatic rings. The van der Waals surface area contributed by atoms with Gasteiger partial charge in [0.25, 0.3) is 5.69 Å². The van der Waals surface area contributed by atoms with E-state index < -0.39 is 4.92 Å². The maximum atomic E-state index is 11.9. The molecule has 1 amide bonds. The number of nitro benzene ring substituents is 1. The number of carbonyl (C=O) groups is 1. The standard InChI is InChI=1S/C18H21N3O5/c1-25-16-8-7-13(11-17(16)26-2)9-10-19-18(22)12-20-14-5-3-4-6-15(14)21(23)24/h3-8,11,20H,9-10,12H2,1-2H3,(H,19,22). The Kier molecular flexibility index (Phi) is 6.78. The van der Waals surface area contributed by atoms with Gasteiger partial charge in [0, 0.05) is 12.6 Å². The molecular weight excluding hydrogens is 338 g/mol.